The SMILES string of the molecule is CCOCCCNC(=O)/C(C#N)=C\Nc1ccc(NC(C)=O)cc1. The number of carbonyl (C=O) groups excluding carboxylic acids is 2. The van der Waals surface area contributed by atoms with E-state index in [0.29, 0.717) is 37.6 Å². The number of benzene rings is 1. The maximum atomic E-state index is 11.9. The van der Waals surface area contributed by atoms with Crippen LogP contribution in [0.1, 0.15) is 20.3 Å². The Balaban J connectivity index is 2.51. The van der Waals surface area contributed by atoms with E-state index in [1.807, 2.05) is 13.0 Å². The average Bonchev–Trinajstić information content (AvgIpc) is 2.56. The van der Waals surface area contributed by atoms with Gasteiger partial charge in [0.05, 0.1) is 0 Å². The highest BCUT2D eigenvalue weighted by Crippen LogP contribution is 2.13. The fourth-order valence-corrected chi connectivity index (χ4v) is 1.77. The van der Waals surface area contributed by atoms with E-state index in [2.05, 4.69) is 16.0 Å². The minimum Gasteiger partial charge on any atom is -0.382 e. The first-order valence-corrected chi connectivity index (χ1v) is 7.67. The van der Waals surface area contributed by atoms with Crippen LogP contribution in [0.15, 0.2) is 36.0 Å². The third kappa shape index (κ3) is 7.42. The van der Waals surface area contributed by atoms with Gasteiger partial charge in [0.15, 0.2) is 0 Å². The maximum Gasteiger partial charge on any atom is 0.263 e. The van der Waals surface area contributed by atoms with Crippen molar-refractivity contribution in [1.29, 1.82) is 5.26 Å². The van der Waals surface area contributed by atoms with Gasteiger partial charge in [0, 0.05) is 44.3 Å². The van der Waals surface area contributed by atoms with Gasteiger partial charge < -0.3 is 20.7 Å². The number of nitrogens with one attached hydrogen (secondary N) is 3. The lowest BCUT2D eigenvalue weighted by Gasteiger charge is -2.06. The molecule has 0 aliphatic carbocycles. The molecule has 128 valence electrons. The Morgan fingerprint density at radius 2 is 1.92 bits per heavy atom. The Labute approximate surface area is 141 Å². The molecule has 0 fully saturated rings. The molecule has 0 aromatic heterocycles. The highest BCUT2D eigenvalue weighted by molar-refractivity contribution is 5.97. The first-order chi connectivity index (χ1) is 11.6. The quantitative estimate of drug-likeness (QED) is 0.365. The molecule has 0 bridgehead atoms. The molecule has 7 heteroatoms. The van der Waals surface area contributed by atoms with Crippen LogP contribution in [0.25, 0.3) is 0 Å². The predicted octanol–water partition coefficient (Wildman–Crippen LogP) is 2.01. The van der Waals surface area contributed by atoms with Gasteiger partial charge in [0.2, 0.25) is 5.91 Å². The minimum atomic E-state index is -0.434. The Morgan fingerprint density at radius 1 is 1.25 bits per heavy atom. The zero-order chi connectivity index (χ0) is 17.8. The van der Waals surface area contributed by atoms with Crippen LogP contribution in [0.5, 0.6) is 0 Å². The molecule has 0 atom stereocenters. The summed E-state index contributed by atoms with van der Waals surface area (Å²) in [5.74, 6) is -0.584. The molecule has 1 aromatic carbocycles. The van der Waals surface area contributed by atoms with Gasteiger partial charge in [-0.3, -0.25) is 9.59 Å². The molecule has 0 aliphatic rings. The van der Waals surface area contributed by atoms with Crippen LogP contribution < -0.4 is 16.0 Å². The van der Waals surface area contributed by atoms with Crippen molar-refractivity contribution in [2.24, 2.45) is 0 Å². The smallest absolute Gasteiger partial charge is 0.263 e. The van der Waals surface area contributed by atoms with Crippen molar-refractivity contribution in [2.75, 3.05) is 30.4 Å². The summed E-state index contributed by atoms with van der Waals surface area (Å²) >= 11 is 0. The lowest BCUT2D eigenvalue weighted by molar-refractivity contribution is -0.117. The van der Waals surface area contributed by atoms with Crippen molar-refractivity contribution < 1.29 is 14.3 Å². The van der Waals surface area contributed by atoms with E-state index in [0.717, 1.165) is 0 Å². The fourth-order valence-electron chi connectivity index (χ4n) is 1.77. The fraction of sp³-hybridized carbons (Fsp3) is 0.353. The van der Waals surface area contributed by atoms with Gasteiger partial charge in [-0.25, -0.2) is 0 Å². The van der Waals surface area contributed by atoms with Crippen LogP contribution in [-0.4, -0.2) is 31.6 Å². The van der Waals surface area contributed by atoms with Gasteiger partial charge in [0.1, 0.15) is 11.6 Å². The first-order valence-electron chi connectivity index (χ1n) is 7.67. The predicted molar refractivity (Wildman–Crippen MR) is 92.2 cm³/mol. The Hall–Kier alpha value is -2.85. The van der Waals surface area contributed by atoms with Crippen molar-refractivity contribution >= 4 is 23.2 Å². The van der Waals surface area contributed by atoms with Gasteiger partial charge in [-0.2, -0.15) is 5.26 Å². The number of nitriles is 1. The standard InChI is InChI=1S/C17H22N4O3/c1-3-24-10-4-9-19-17(23)14(11-18)12-20-15-5-7-16(8-6-15)21-13(2)22/h5-8,12,20H,3-4,9-10H2,1-2H3,(H,19,23)(H,21,22)/b14-12-. The van der Waals surface area contributed by atoms with E-state index in [9.17, 15) is 9.59 Å². The number of hydrogen-bond acceptors (Lipinski definition) is 5. The average molecular weight is 330 g/mol. The summed E-state index contributed by atoms with van der Waals surface area (Å²) in [5, 5.41) is 17.3. The summed E-state index contributed by atoms with van der Waals surface area (Å²) in [5.41, 5.74) is 1.35. The molecule has 3 N–H and O–H groups in total. The van der Waals surface area contributed by atoms with Gasteiger partial charge in [-0.15, -0.1) is 0 Å². The van der Waals surface area contributed by atoms with E-state index < -0.39 is 5.91 Å². The second-order valence-electron chi connectivity index (χ2n) is 4.88. The van der Waals surface area contributed by atoms with Crippen molar-refractivity contribution in [2.45, 2.75) is 20.3 Å². The molecule has 0 unspecified atom stereocenters. The highest BCUT2D eigenvalue weighted by atomic mass is 16.5. The lowest BCUT2D eigenvalue weighted by Crippen LogP contribution is -2.26. The molecule has 0 aliphatic heterocycles. The van der Waals surface area contributed by atoms with E-state index >= 15 is 0 Å². The number of amides is 2. The molecule has 1 aromatic rings. The molecule has 0 heterocycles. The Kier molecular flexibility index (Phi) is 8.64. The van der Waals surface area contributed by atoms with Crippen LogP contribution in [0.4, 0.5) is 11.4 Å². The van der Waals surface area contributed by atoms with Crippen LogP contribution in [0.3, 0.4) is 0 Å². The third-order valence-electron chi connectivity index (χ3n) is 2.91. The van der Waals surface area contributed by atoms with Crippen LogP contribution >= 0.6 is 0 Å². The minimum absolute atomic E-state index is 0.0163. The summed E-state index contributed by atoms with van der Waals surface area (Å²) in [4.78, 5) is 22.8. The third-order valence-corrected chi connectivity index (χ3v) is 2.91. The van der Waals surface area contributed by atoms with Crippen LogP contribution in [-0.2, 0) is 14.3 Å². The molecule has 2 amide bonds. The van der Waals surface area contributed by atoms with Gasteiger partial charge in [-0.05, 0) is 37.6 Å². The summed E-state index contributed by atoms with van der Waals surface area (Å²) in [6, 6.07) is 8.77. The summed E-state index contributed by atoms with van der Waals surface area (Å²) < 4.78 is 5.17. The summed E-state index contributed by atoms with van der Waals surface area (Å²) in [7, 11) is 0. The van der Waals surface area contributed by atoms with E-state index in [-0.39, 0.29) is 11.5 Å². The zero-order valence-corrected chi connectivity index (χ0v) is 13.9. The second kappa shape index (κ2) is 10.8. The normalized spacial score (nSPS) is 10.6. The van der Waals surface area contributed by atoms with Crippen molar-refractivity contribution in [1.82, 2.24) is 5.32 Å². The summed E-state index contributed by atoms with van der Waals surface area (Å²) in [6.07, 6.45) is 2.04. The monoisotopic (exact) mass is 330 g/mol. The zero-order valence-electron chi connectivity index (χ0n) is 13.9. The van der Waals surface area contributed by atoms with Gasteiger partial charge >= 0.3 is 0 Å². The molecule has 7 nitrogen and oxygen atoms in total. The Morgan fingerprint density at radius 3 is 2.50 bits per heavy atom. The summed E-state index contributed by atoms with van der Waals surface area (Å²) in [6.45, 7) is 5.00. The molecular weight excluding hydrogens is 308 g/mol. The van der Waals surface area contributed by atoms with Gasteiger partial charge in [-0.1, -0.05) is 0 Å². The molecule has 1 rings (SSSR count). The van der Waals surface area contributed by atoms with E-state index in [1.54, 1.807) is 24.3 Å². The molecule has 24 heavy (non-hydrogen) atoms. The Bertz CT molecular complexity index is 618. The number of rotatable bonds is 9. The van der Waals surface area contributed by atoms with Gasteiger partial charge in [0.25, 0.3) is 5.91 Å². The van der Waals surface area contributed by atoms with Crippen LogP contribution in [0.2, 0.25) is 0 Å². The van der Waals surface area contributed by atoms with Crippen LogP contribution in [0, 0.1) is 11.3 Å². The number of carbonyl (C=O) groups is 2. The molecule has 0 saturated heterocycles. The highest BCUT2D eigenvalue weighted by Gasteiger charge is 2.07. The second-order valence-corrected chi connectivity index (χ2v) is 4.88. The maximum absolute atomic E-state index is 11.9. The molecule has 0 saturated carbocycles. The van der Waals surface area contributed by atoms with E-state index in [1.165, 1.54) is 13.1 Å². The van der Waals surface area contributed by atoms with Crippen molar-refractivity contribution in [3.05, 3.63) is 36.0 Å². The van der Waals surface area contributed by atoms with E-state index in [4.69, 9.17) is 10.00 Å². The molecule has 0 spiro atoms. The topological polar surface area (TPSA) is 103 Å². The first kappa shape index (κ1) is 19.2. The lowest BCUT2D eigenvalue weighted by atomic mass is 10.2. The molecular formula is C17H22N4O3. The molecule has 0 radical (unpaired) electrons. The number of anilines is 2. The van der Waals surface area contributed by atoms with Crippen molar-refractivity contribution in [3.63, 3.8) is 0 Å². The van der Waals surface area contributed by atoms with Crippen molar-refractivity contribution in [3.8, 4) is 6.07 Å². The number of hydrogen-bond donors (Lipinski definition) is 3. The number of nitrogens with zero attached hydrogens (tertiary/aromatic N) is 1. The number of ether oxygens (including phenoxy) is 1. The largest absolute Gasteiger partial charge is 0.382 e.